The first-order chi connectivity index (χ1) is 9.36. The van der Waals surface area contributed by atoms with Crippen LogP contribution in [0, 0.1) is 0 Å². The smallest absolute Gasteiger partial charge is 0.240 e. The monoisotopic (exact) mass is 316 g/mol. The van der Waals surface area contributed by atoms with E-state index in [9.17, 15) is 16.8 Å². The highest BCUT2D eigenvalue weighted by Gasteiger charge is 2.31. The topological polar surface area (TPSA) is 92.3 Å². The molecule has 2 aliphatic heterocycles. The van der Waals surface area contributed by atoms with E-state index in [1.54, 1.807) is 18.2 Å². The molecule has 1 aromatic carbocycles. The molecule has 2 aliphatic rings. The van der Waals surface area contributed by atoms with E-state index >= 15 is 0 Å². The molecule has 2 N–H and O–H groups in total. The van der Waals surface area contributed by atoms with E-state index in [-0.39, 0.29) is 16.4 Å². The van der Waals surface area contributed by atoms with Crippen LogP contribution in [-0.4, -0.2) is 34.4 Å². The summed E-state index contributed by atoms with van der Waals surface area (Å²) in [5, 5.41) is 3.16. The van der Waals surface area contributed by atoms with Gasteiger partial charge < -0.3 is 5.32 Å². The number of hydrogen-bond acceptors (Lipinski definition) is 5. The maximum atomic E-state index is 12.3. The summed E-state index contributed by atoms with van der Waals surface area (Å²) in [6, 6.07) is 4.50. The van der Waals surface area contributed by atoms with Crippen molar-refractivity contribution in [3.8, 4) is 0 Å². The minimum Gasteiger partial charge on any atom is -0.309 e. The molecule has 1 aromatic rings. The quantitative estimate of drug-likeness (QED) is 0.802. The Morgan fingerprint density at radius 1 is 1.20 bits per heavy atom. The molecule has 0 amide bonds. The molecule has 3 rings (SSSR count). The van der Waals surface area contributed by atoms with Crippen LogP contribution in [0.25, 0.3) is 0 Å². The van der Waals surface area contributed by atoms with Gasteiger partial charge in [0.15, 0.2) is 9.84 Å². The maximum absolute atomic E-state index is 12.3. The van der Waals surface area contributed by atoms with Crippen LogP contribution in [0.2, 0.25) is 0 Å². The van der Waals surface area contributed by atoms with E-state index in [2.05, 4.69) is 10.0 Å². The van der Waals surface area contributed by atoms with Gasteiger partial charge in [0, 0.05) is 19.1 Å². The summed E-state index contributed by atoms with van der Waals surface area (Å²) in [5.74, 6) is -0.0625. The van der Waals surface area contributed by atoms with Gasteiger partial charge in [0.25, 0.3) is 0 Å². The normalized spacial score (nSPS) is 24.7. The van der Waals surface area contributed by atoms with Gasteiger partial charge in [-0.1, -0.05) is 6.07 Å². The second-order valence-electron chi connectivity index (χ2n) is 5.26. The second kappa shape index (κ2) is 4.80. The molecule has 1 unspecified atom stereocenters. The lowest BCUT2D eigenvalue weighted by Crippen LogP contribution is -2.35. The fraction of sp³-hybridized carbons (Fsp3) is 0.500. The molecule has 0 radical (unpaired) electrons. The molecule has 0 saturated carbocycles. The lowest BCUT2D eigenvalue weighted by molar-refractivity contribution is 0.562. The van der Waals surface area contributed by atoms with Crippen LogP contribution in [0.1, 0.15) is 17.5 Å². The van der Waals surface area contributed by atoms with Gasteiger partial charge in [0.1, 0.15) is 0 Å². The molecule has 0 spiro atoms. The minimum atomic E-state index is -3.66. The number of benzene rings is 1. The third kappa shape index (κ3) is 2.73. The number of nitrogens with one attached hydrogen (secondary N) is 2. The van der Waals surface area contributed by atoms with Crippen LogP contribution in [0.3, 0.4) is 0 Å². The molecular formula is C12H16N2O4S2. The lowest BCUT2D eigenvalue weighted by atomic mass is 10.1. The van der Waals surface area contributed by atoms with Crippen molar-refractivity contribution in [3.05, 3.63) is 29.3 Å². The second-order valence-corrected chi connectivity index (χ2v) is 9.20. The summed E-state index contributed by atoms with van der Waals surface area (Å²) in [6.45, 7) is 1.42. The van der Waals surface area contributed by atoms with Gasteiger partial charge in [-0.25, -0.2) is 21.6 Å². The predicted octanol–water partition coefficient (Wildman–Crippen LogP) is -0.245. The molecule has 1 fully saturated rings. The van der Waals surface area contributed by atoms with Crippen LogP contribution >= 0.6 is 0 Å². The van der Waals surface area contributed by atoms with Gasteiger partial charge in [-0.3, -0.25) is 0 Å². The summed E-state index contributed by atoms with van der Waals surface area (Å²) in [6.07, 6.45) is 0.341. The summed E-state index contributed by atoms with van der Waals surface area (Å²) < 4.78 is 49.8. The molecule has 20 heavy (non-hydrogen) atoms. The van der Waals surface area contributed by atoms with Gasteiger partial charge in [-0.2, -0.15) is 0 Å². The number of fused-ring (bicyclic) bond motifs is 1. The number of sulfonamides is 1. The van der Waals surface area contributed by atoms with Crippen molar-refractivity contribution in [2.75, 3.05) is 11.5 Å². The zero-order valence-electron chi connectivity index (χ0n) is 10.8. The van der Waals surface area contributed by atoms with E-state index in [0.29, 0.717) is 13.0 Å². The average molecular weight is 316 g/mol. The van der Waals surface area contributed by atoms with Gasteiger partial charge in [0.2, 0.25) is 10.0 Å². The van der Waals surface area contributed by atoms with E-state index in [0.717, 1.165) is 17.7 Å². The lowest BCUT2D eigenvalue weighted by Gasteiger charge is -2.12. The van der Waals surface area contributed by atoms with E-state index < -0.39 is 25.9 Å². The minimum absolute atomic E-state index is 0.0499. The van der Waals surface area contributed by atoms with Gasteiger partial charge >= 0.3 is 0 Å². The highest BCUT2D eigenvalue weighted by Crippen LogP contribution is 2.21. The summed E-state index contributed by atoms with van der Waals surface area (Å²) >= 11 is 0. The fourth-order valence-corrected chi connectivity index (χ4v) is 5.71. The molecule has 0 aliphatic carbocycles. The van der Waals surface area contributed by atoms with Crippen molar-refractivity contribution in [2.24, 2.45) is 0 Å². The Morgan fingerprint density at radius 2 is 1.95 bits per heavy atom. The van der Waals surface area contributed by atoms with Crippen LogP contribution in [-0.2, 0) is 33.0 Å². The number of sulfone groups is 1. The van der Waals surface area contributed by atoms with Crippen LogP contribution in [0.4, 0.5) is 0 Å². The van der Waals surface area contributed by atoms with E-state index in [1.165, 1.54) is 0 Å². The molecule has 1 saturated heterocycles. The Hall–Kier alpha value is -0.960. The zero-order chi connectivity index (χ0) is 14.4. The first kappa shape index (κ1) is 14.0. The molecule has 110 valence electrons. The molecule has 8 heteroatoms. The molecule has 1 atom stereocenters. The van der Waals surface area contributed by atoms with E-state index in [1.807, 2.05) is 0 Å². The van der Waals surface area contributed by atoms with Crippen molar-refractivity contribution in [3.63, 3.8) is 0 Å². The zero-order valence-corrected chi connectivity index (χ0v) is 12.4. The summed E-state index contributed by atoms with van der Waals surface area (Å²) in [7, 11) is -6.75. The van der Waals surface area contributed by atoms with Crippen molar-refractivity contribution >= 4 is 19.9 Å². The van der Waals surface area contributed by atoms with Crippen LogP contribution in [0.15, 0.2) is 23.1 Å². The van der Waals surface area contributed by atoms with E-state index in [4.69, 9.17) is 0 Å². The standard InChI is InChI=1S/C12H16N2O4S2/c15-19(16)4-3-11(8-19)14-20(17,18)12-2-1-9-6-13-7-10(9)5-12/h1-2,5,11,13-14H,3-4,6-8H2. The Balaban J connectivity index is 1.82. The van der Waals surface area contributed by atoms with Crippen LogP contribution in [0.5, 0.6) is 0 Å². The maximum Gasteiger partial charge on any atom is 0.240 e. The Labute approximate surface area is 118 Å². The number of rotatable bonds is 3. The average Bonchev–Trinajstić information content (AvgIpc) is 2.94. The van der Waals surface area contributed by atoms with Crippen molar-refractivity contribution in [1.82, 2.24) is 10.0 Å². The molecular weight excluding hydrogens is 300 g/mol. The van der Waals surface area contributed by atoms with Gasteiger partial charge in [-0.05, 0) is 29.7 Å². The molecule has 0 aromatic heterocycles. The first-order valence-corrected chi connectivity index (χ1v) is 9.71. The fourth-order valence-electron chi connectivity index (χ4n) is 2.61. The highest BCUT2D eigenvalue weighted by atomic mass is 32.2. The number of hydrogen-bond donors (Lipinski definition) is 2. The summed E-state index contributed by atoms with van der Waals surface area (Å²) in [5.41, 5.74) is 2.08. The highest BCUT2D eigenvalue weighted by molar-refractivity contribution is 7.92. The predicted molar refractivity (Wildman–Crippen MR) is 74.4 cm³/mol. The first-order valence-electron chi connectivity index (χ1n) is 6.41. The molecule has 0 bridgehead atoms. The largest absolute Gasteiger partial charge is 0.309 e. The Morgan fingerprint density at radius 3 is 2.65 bits per heavy atom. The summed E-state index contributed by atoms with van der Waals surface area (Å²) in [4.78, 5) is 0.198. The van der Waals surface area contributed by atoms with Crippen LogP contribution < -0.4 is 10.0 Å². The van der Waals surface area contributed by atoms with Gasteiger partial charge in [0.05, 0.1) is 16.4 Å². The molecule has 6 nitrogen and oxygen atoms in total. The third-order valence-electron chi connectivity index (χ3n) is 3.67. The van der Waals surface area contributed by atoms with Gasteiger partial charge in [-0.15, -0.1) is 0 Å². The Kier molecular flexibility index (Phi) is 3.36. The van der Waals surface area contributed by atoms with Crippen molar-refractivity contribution < 1.29 is 16.8 Å². The van der Waals surface area contributed by atoms with Crippen molar-refractivity contribution in [2.45, 2.75) is 30.4 Å². The SMILES string of the molecule is O=S1(=O)CCC(NS(=O)(=O)c2ccc3c(c2)CNC3)C1. The molecule has 2 heterocycles. The van der Waals surface area contributed by atoms with Crippen molar-refractivity contribution in [1.29, 1.82) is 0 Å². The third-order valence-corrected chi connectivity index (χ3v) is 6.96. The Bertz CT molecular complexity index is 741.